The van der Waals surface area contributed by atoms with Gasteiger partial charge in [-0.25, -0.2) is 0 Å². The van der Waals surface area contributed by atoms with Crippen molar-refractivity contribution in [2.45, 2.75) is 26.4 Å². The van der Waals surface area contributed by atoms with Crippen LogP contribution in [0.5, 0.6) is 0 Å². The molecule has 82 valence electrons. The lowest BCUT2D eigenvalue weighted by Gasteiger charge is -2.21. The van der Waals surface area contributed by atoms with Crippen LogP contribution in [-0.2, 0) is 9.53 Å². The molecule has 0 aliphatic carbocycles. The van der Waals surface area contributed by atoms with Gasteiger partial charge in [-0.1, -0.05) is 0 Å². The predicted octanol–water partition coefficient (Wildman–Crippen LogP) is 3.04. The van der Waals surface area contributed by atoms with Crippen molar-refractivity contribution in [2.24, 2.45) is 0 Å². The Morgan fingerprint density at radius 3 is 2.47 bits per heavy atom. The highest BCUT2D eigenvalue weighted by Crippen LogP contribution is 2.25. The molecule has 0 radical (unpaired) electrons. The molecule has 0 amide bonds. The van der Waals surface area contributed by atoms with E-state index in [1.807, 2.05) is 5.38 Å². The van der Waals surface area contributed by atoms with E-state index in [1.165, 1.54) is 18.3 Å². The third-order valence-corrected chi connectivity index (χ3v) is 3.43. The molecule has 0 fully saturated rings. The van der Waals surface area contributed by atoms with E-state index in [1.54, 1.807) is 19.9 Å². The minimum absolute atomic E-state index is 0.187. The quantitative estimate of drug-likeness (QED) is 0.635. The zero-order valence-corrected chi connectivity index (χ0v) is 11.1. The van der Waals surface area contributed by atoms with Crippen LogP contribution < -0.4 is 0 Å². The monoisotopic (exact) mass is 290 g/mol. The molecule has 0 unspecified atom stereocenters. The van der Waals surface area contributed by atoms with Gasteiger partial charge >= 0.3 is 5.97 Å². The average molecular weight is 291 g/mol. The molecule has 0 aliphatic rings. The van der Waals surface area contributed by atoms with Crippen LogP contribution in [0.15, 0.2) is 15.9 Å². The van der Waals surface area contributed by atoms with Crippen LogP contribution in [0.4, 0.5) is 0 Å². The van der Waals surface area contributed by atoms with Gasteiger partial charge in [0.1, 0.15) is 0 Å². The molecular weight excluding hydrogens is 280 g/mol. The van der Waals surface area contributed by atoms with Crippen LogP contribution in [0, 0.1) is 0 Å². The second-order valence-corrected chi connectivity index (χ2v) is 5.39. The molecular formula is C10H11BrO3S. The van der Waals surface area contributed by atoms with Crippen molar-refractivity contribution in [3.63, 3.8) is 0 Å². The second kappa shape index (κ2) is 4.45. The van der Waals surface area contributed by atoms with Crippen molar-refractivity contribution in [1.29, 1.82) is 0 Å². The summed E-state index contributed by atoms with van der Waals surface area (Å²) in [6, 6.07) is 1.72. The number of rotatable bonds is 3. The van der Waals surface area contributed by atoms with Crippen LogP contribution in [0.25, 0.3) is 0 Å². The zero-order valence-electron chi connectivity index (χ0n) is 8.67. The first-order valence-electron chi connectivity index (χ1n) is 4.31. The smallest absolute Gasteiger partial charge is 0.303 e. The maximum absolute atomic E-state index is 11.9. The fourth-order valence-electron chi connectivity index (χ4n) is 1.13. The molecule has 0 saturated carbocycles. The Labute approximate surface area is 101 Å². The third kappa shape index (κ3) is 3.14. The first-order valence-corrected chi connectivity index (χ1v) is 5.98. The number of Topliss-reactive ketones (excluding diaryl/α,β-unsaturated/α-hetero) is 1. The summed E-state index contributed by atoms with van der Waals surface area (Å²) in [5.74, 6) is -0.641. The Kier molecular flexibility index (Phi) is 3.67. The van der Waals surface area contributed by atoms with Crippen molar-refractivity contribution in [3.05, 3.63) is 20.8 Å². The fraction of sp³-hybridized carbons (Fsp3) is 0.400. The van der Waals surface area contributed by atoms with Crippen LogP contribution >= 0.6 is 27.3 Å². The number of thiophene rings is 1. The molecule has 5 heteroatoms. The van der Waals surface area contributed by atoms with E-state index in [9.17, 15) is 9.59 Å². The minimum atomic E-state index is -1.10. The molecule has 1 heterocycles. The van der Waals surface area contributed by atoms with E-state index >= 15 is 0 Å². The molecule has 0 saturated heterocycles. The van der Waals surface area contributed by atoms with Crippen LogP contribution in [0.2, 0.25) is 0 Å². The summed E-state index contributed by atoms with van der Waals surface area (Å²) >= 11 is 4.59. The first-order chi connectivity index (χ1) is 6.83. The number of carbonyl (C=O) groups is 2. The third-order valence-electron chi connectivity index (χ3n) is 1.74. The van der Waals surface area contributed by atoms with Crippen molar-refractivity contribution in [1.82, 2.24) is 0 Å². The maximum Gasteiger partial charge on any atom is 0.303 e. The second-order valence-electron chi connectivity index (χ2n) is 3.56. The van der Waals surface area contributed by atoms with Crippen LogP contribution in [-0.4, -0.2) is 17.4 Å². The molecule has 1 rings (SSSR count). The highest BCUT2D eigenvalue weighted by Gasteiger charge is 2.32. The largest absolute Gasteiger partial charge is 0.451 e. The Morgan fingerprint density at radius 2 is 2.07 bits per heavy atom. The highest BCUT2D eigenvalue weighted by atomic mass is 79.9. The molecule has 0 N–H and O–H groups in total. The van der Waals surface area contributed by atoms with E-state index < -0.39 is 11.6 Å². The van der Waals surface area contributed by atoms with Gasteiger partial charge in [-0.2, -0.15) is 0 Å². The molecule has 1 aromatic heterocycles. The molecule has 1 aromatic rings. The van der Waals surface area contributed by atoms with Crippen molar-refractivity contribution >= 4 is 39.0 Å². The molecule has 0 atom stereocenters. The molecule has 0 bridgehead atoms. The normalized spacial score (nSPS) is 11.2. The van der Waals surface area contributed by atoms with Crippen LogP contribution in [0.3, 0.4) is 0 Å². The minimum Gasteiger partial charge on any atom is -0.451 e. The summed E-state index contributed by atoms with van der Waals surface area (Å²) in [4.78, 5) is 23.3. The van der Waals surface area contributed by atoms with Gasteiger partial charge in [0.15, 0.2) is 5.60 Å². The lowest BCUT2D eigenvalue weighted by molar-refractivity contribution is -0.149. The summed E-state index contributed by atoms with van der Waals surface area (Å²) < 4.78 is 5.82. The SMILES string of the molecule is CC(=O)OC(C)(C)C(=O)c1cc(Br)cs1. The van der Waals surface area contributed by atoms with Gasteiger partial charge in [-0.05, 0) is 35.8 Å². The van der Waals surface area contributed by atoms with Crippen LogP contribution in [0.1, 0.15) is 30.4 Å². The van der Waals surface area contributed by atoms with Gasteiger partial charge in [0.2, 0.25) is 5.78 Å². The van der Waals surface area contributed by atoms with Crippen molar-refractivity contribution < 1.29 is 14.3 Å². The summed E-state index contributed by atoms with van der Waals surface area (Å²) in [5, 5.41) is 1.82. The number of esters is 1. The van der Waals surface area contributed by atoms with Gasteiger partial charge in [0.25, 0.3) is 0 Å². The van der Waals surface area contributed by atoms with Gasteiger partial charge in [-0.15, -0.1) is 11.3 Å². The van der Waals surface area contributed by atoms with Gasteiger partial charge in [0.05, 0.1) is 4.88 Å². The van der Waals surface area contributed by atoms with E-state index in [0.29, 0.717) is 4.88 Å². The van der Waals surface area contributed by atoms with Gasteiger partial charge < -0.3 is 4.74 Å². The highest BCUT2D eigenvalue weighted by molar-refractivity contribution is 9.10. The Morgan fingerprint density at radius 1 is 1.47 bits per heavy atom. The molecule has 0 spiro atoms. The molecule has 3 nitrogen and oxygen atoms in total. The van der Waals surface area contributed by atoms with E-state index in [0.717, 1.165) is 4.47 Å². The lowest BCUT2D eigenvalue weighted by atomic mass is 10.0. The molecule has 0 aliphatic heterocycles. The maximum atomic E-state index is 11.9. The van der Waals surface area contributed by atoms with Gasteiger partial charge in [0, 0.05) is 16.8 Å². The number of hydrogen-bond acceptors (Lipinski definition) is 4. The Bertz CT molecular complexity index is 395. The standard InChI is InChI=1S/C10H11BrO3S/c1-6(12)14-10(2,3)9(13)8-4-7(11)5-15-8/h4-5H,1-3H3. The zero-order chi connectivity index (χ0) is 11.6. The number of carbonyl (C=O) groups excluding carboxylic acids is 2. The van der Waals surface area contributed by atoms with Gasteiger partial charge in [-0.3, -0.25) is 9.59 Å². The summed E-state index contributed by atoms with van der Waals surface area (Å²) in [6.45, 7) is 4.47. The fourth-order valence-corrected chi connectivity index (χ4v) is 2.65. The summed E-state index contributed by atoms with van der Waals surface area (Å²) in [7, 11) is 0. The predicted molar refractivity (Wildman–Crippen MR) is 62.2 cm³/mol. The topological polar surface area (TPSA) is 43.4 Å². The van der Waals surface area contributed by atoms with E-state index in [-0.39, 0.29) is 5.78 Å². The number of ketones is 1. The number of ether oxygens (including phenoxy) is 1. The lowest BCUT2D eigenvalue weighted by Crippen LogP contribution is -2.36. The Balaban J connectivity index is 2.88. The first kappa shape index (κ1) is 12.4. The molecule has 15 heavy (non-hydrogen) atoms. The Hall–Kier alpha value is -0.680. The molecule has 0 aromatic carbocycles. The van der Waals surface area contributed by atoms with Crippen molar-refractivity contribution in [3.8, 4) is 0 Å². The average Bonchev–Trinajstić information content (AvgIpc) is 2.48. The summed E-state index contributed by atoms with van der Waals surface area (Å²) in [5.41, 5.74) is -1.10. The number of hydrogen-bond donors (Lipinski definition) is 0. The van der Waals surface area contributed by atoms with Crippen molar-refractivity contribution in [2.75, 3.05) is 0 Å². The van der Waals surface area contributed by atoms with E-state index in [2.05, 4.69) is 15.9 Å². The number of halogens is 1. The van der Waals surface area contributed by atoms with E-state index in [4.69, 9.17) is 4.74 Å². The summed E-state index contributed by atoms with van der Waals surface area (Å²) in [6.07, 6.45) is 0.